The van der Waals surface area contributed by atoms with Crippen LogP contribution in [0.1, 0.15) is 81.9 Å². The van der Waals surface area contributed by atoms with Gasteiger partial charge in [0.15, 0.2) is 41.0 Å². The number of benzene rings is 12. The van der Waals surface area contributed by atoms with Crippen molar-refractivity contribution >= 4 is 124 Å². The molecule has 0 fully saturated rings. The lowest BCUT2D eigenvalue weighted by molar-refractivity contribution is 0.0986. The van der Waals surface area contributed by atoms with Crippen LogP contribution in [0, 0.1) is 0 Å². The molecule has 0 atom stereocenters. The standard InChI is InChI=1S/C10H8O.C9H7NO.C9H9N.C9H8O.C8H8N2.C8H7NO.2C8H7N.3C7H6N2.C7H5NO.C6H6.2CH4/c11-10-7-3-5-8-4-1-2-6-9(8)10;11-9-5-6-10-8-4-2-1-3-7(8)9;1-7-6-8-4-2-3-5-9(8)10-7;10-9-6-5-7-3-1-2-4-8(7)9;2*1-6-9-7-4-2-3-5-8(7)10-6;2*1-2-4-8-7(3-1)5-6-9-8;1-2-6-3-5-9-7(6)8-4-1;3*1-2-4-7-6(3-1)8-5-9-7;1-2-4-6-5-3-1;;/h1-6H,7H2;1-4,6H,5H2;2-5,10H,1,6H2;1-4H,5-6H2;2-5,9-10H,1H2;2-5,9H,1H2;2*1-6,9H;3*1-5H,(H,8,9);1-5H;1-6H;2*1H4. The van der Waals surface area contributed by atoms with Gasteiger partial charge >= 0.3 is 0 Å². The van der Waals surface area contributed by atoms with E-state index in [1.807, 2.05) is 310 Å². The van der Waals surface area contributed by atoms with Gasteiger partial charge in [-0.25, -0.2) is 19.9 Å². The summed E-state index contributed by atoms with van der Waals surface area (Å²) >= 11 is 0. The summed E-state index contributed by atoms with van der Waals surface area (Å²) in [6.45, 7) is 11.2. The number of rotatable bonds is 0. The third-order valence-corrected chi connectivity index (χ3v) is 18.9. The van der Waals surface area contributed by atoms with Crippen molar-refractivity contribution in [3.63, 3.8) is 0 Å². The van der Waals surface area contributed by atoms with E-state index in [-0.39, 0.29) is 26.4 Å². The first-order chi connectivity index (χ1) is 60.0. The number of hydrogen-bond donors (Lipinski definition) is 9. The predicted octanol–water partition coefficient (Wildman–Crippen LogP) is 26.0. The molecule has 6 aliphatic rings. The van der Waals surface area contributed by atoms with E-state index in [4.69, 9.17) is 9.15 Å². The number of aliphatic imine (C=N–C) groups is 1. The minimum atomic E-state index is 0. The van der Waals surface area contributed by atoms with Gasteiger partial charge in [0.1, 0.15) is 17.0 Å². The van der Waals surface area contributed by atoms with Crippen molar-refractivity contribution < 1.29 is 23.5 Å². The average molecular weight is 1640 g/mol. The summed E-state index contributed by atoms with van der Waals surface area (Å²) in [5, 5.41) is 16.1. The molecule has 9 N–H and O–H groups in total. The van der Waals surface area contributed by atoms with E-state index in [0.29, 0.717) is 30.9 Å². The predicted molar refractivity (Wildman–Crippen MR) is 511 cm³/mol. The van der Waals surface area contributed by atoms with Crippen LogP contribution >= 0.6 is 0 Å². The molecule has 124 heavy (non-hydrogen) atoms. The van der Waals surface area contributed by atoms with Gasteiger partial charge in [-0.05, 0) is 162 Å². The number of fused-ring (bicyclic) bond motifs is 12. The third-order valence-electron chi connectivity index (χ3n) is 18.9. The molecule has 19 aromatic rings. The second-order valence-electron chi connectivity index (χ2n) is 27.5. The Hall–Kier alpha value is -16.5. The van der Waals surface area contributed by atoms with Crippen LogP contribution in [0.3, 0.4) is 0 Å². The van der Waals surface area contributed by atoms with Gasteiger partial charge in [0.2, 0.25) is 0 Å². The number of aryl methyl sites for hydroxylation is 1. The number of anilines is 4. The van der Waals surface area contributed by atoms with E-state index < -0.39 is 0 Å². The summed E-state index contributed by atoms with van der Waals surface area (Å²) in [5.74, 6) is 2.99. The number of para-hydroxylation sites is 14. The molecule has 0 saturated carbocycles. The Morgan fingerprint density at radius 1 is 0.355 bits per heavy atom. The number of ether oxygens (including phenoxy) is 1. The molecule has 12 aromatic carbocycles. The molecule has 0 bridgehead atoms. The molecular weight excluding hydrogens is 1540 g/mol. The fourth-order valence-corrected chi connectivity index (χ4v) is 13.0. The largest absolute Gasteiger partial charge is 0.443 e. The lowest BCUT2D eigenvalue weighted by Crippen LogP contribution is -2.03. The van der Waals surface area contributed by atoms with E-state index in [2.05, 4.69) is 145 Å². The highest BCUT2D eigenvalue weighted by atomic mass is 16.5. The smallest absolute Gasteiger partial charge is 0.190 e. The van der Waals surface area contributed by atoms with Crippen LogP contribution in [0.15, 0.2) is 430 Å². The molecule has 7 aromatic heterocycles. The van der Waals surface area contributed by atoms with Crippen molar-refractivity contribution in [2.24, 2.45) is 4.99 Å². The van der Waals surface area contributed by atoms with Crippen molar-refractivity contribution in [3.05, 3.63) is 454 Å². The zero-order valence-electron chi connectivity index (χ0n) is 67.0. The van der Waals surface area contributed by atoms with Crippen molar-refractivity contribution in [1.29, 1.82) is 0 Å². The zero-order valence-corrected chi connectivity index (χ0v) is 67.0. The zero-order chi connectivity index (χ0) is 84.1. The number of carbonyl (C=O) groups excluding carboxylic acids is 3. The number of pyridine rings is 1. The molecule has 25 rings (SSSR count). The molecule has 618 valence electrons. The number of hydrogen-bond acceptors (Lipinski definition) is 14. The monoisotopic (exact) mass is 1630 g/mol. The molecule has 4 aliphatic heterocycles. The first-order valence-electron chi connectivity index (χ1n) is 39.6. The van der Waals surface area contributed by atoms with Gasteiger partial charge in [0.05, 0.1) is 57.5 Å². The molecule has 0 radical (unpaired) electrons. The number of aromatic nitrogens is 9. The van der Waals surface area contributed by atoms with Crippen molar-refractivity contribution in [2.45, 2.75) is 47.0 Å². The van der Waals surface area contributed by atoms with Crippen molar-refractivity contribution in [1.82, 2.24) is 44.9 Å². The van der Waals surface area contributed by atoms with Crippen LogP contribution in [0.4, 0.5) is 28.4 Å². The van der Waals surface area contributed by atoms with E-state index in [1.165, 1.54) is 45.0 Å². The molecular formula is C105H98N14O5. The minimum absolute atomic E-state index is 0. The topological polar surface area (TPSA) is 265 Å². The Morgan fingerprint density at radius 3 is 1.44 bits per heavy atom. The van der Waals surface area contributed by atoms with Crippen LogP contribution in [0.5, 0.6) is 5.75 Å². The van der Waals surface area contributed by atoms with Gasteiger partial charge in [-0.15, -0.1) is 0 Å². The normalized spacial score (nSPS) is 12.1. The number of imidazole rings is 2. The van der Waals surface area contributed by atoms with E-state index in [1.54, 1.807) is 25.1 Å². The van der Waals surface area contributed by atoms with Crippen LogP contribution in [-0.4, -0.2) is 68.4 Å². The second kappa shape index (κ2) is 46.6. The Morgan fingerprint density at radius 2 is 0.855 bits per heavy atom. The first kappa shape index (κ1) is 88.3. The SMILES string of the molecule is C.C.C=C1Cc2ccccc2N1.C=C1Nc2ccccc2N1.C=C1Nc2ccccc2O1.O=C1CC=Cc2ccccc21.O=C1CC=Nc2ccccc21.O=C1CCc2ccccc21.c1ccc2[nH]ccc2c1.c1ccc2[nH]ccc2c1.c1ccc2[nH]cnc2c1.c1ccc2[nH]cnc2c1.c1ccc2ocnc2c1.c1ccccc1.c1cnc2[nH]ccc2c1. The molecule has 0 saturated heterocycles. The van der Waals surface area contributed by atoms with E-state index >= 15 is 0 Å². The van der Waals surface area contributed by atoms with E-state index in [9.17, 15) is 14.4 Å². The maximum atomic E-state index is 11.2. The van der Waals surface area contributed by atoms with Crippen molar-refractivity contribution in [3.8, 4) is 5.75 Å². The summed E-state index contributed by atoms with van der Waals surface area (Å²) in [6.07, 6.45) is 21.6. The Labute approximate surface area is 721 Å². The molecule has 11 heterocycles. The number of aromatic amines is 5. The maximum absolute atomic E-state index is 11.2. The van der Waals surface area contributed by atoms with Crippen LogP contribution in [0.2, 0.25) is 0 Å². The van der Waals surface area contributed by atoms with Gasteiger partial charge in [0.25, 0.3) is 0 Å². The molecule has 19 nitrogen and oxygen atoms in total. The summed E-state index contributed by atoms with van der Waals surface area (Å²) < 4.78 is 10.2. The number of nitrogens with zero attached hydrogens (tertiary/aromatic N) is 5. The minimum Gasteiger partial charge on any atom is -0.443 e. The highest BCUT2D eigenvalue weighted by Crippen LogP contribution is 2.33. The number of allylic oxidation sites excluding steroid dienone is 2. The molecule has 0 spiro atoms. The molecule has 0 unspecified atom stereocenters. The Kier molecular flexibility index (Phi) is 33.1. The second-order valence-corrected chi connectivity index (χ2v) is 27.5. The van der Waals surface area contributed by atoms with Gasteiger partial charge in [-0.1, -0.05) is 252 Å². The highest BCUT2D eigenvalue weighted by Gasteiger charge is 2.18. The fraction of sp³-hybridized carbons (Fsp3) is 0.0667. The highest BCUT2D eigenvalue weighted by molar-refractivity contribution is 6.10. The van der Waals surface area contributed by atoms with Crippen LogP contribution in [0.25, 0.3) is 72.1 Å². The summed E-state index contributed by atoms with van der Waals surface area (Å²) in [4.78, 5) is 69.0. The van der Waals surface area contributed by atoms with Crippen LogP contribution < -0.4 is 26.0 Å². The number of H-pyrrole nitrogens is 5. The lowest BCUT2D eigenvalue weighted by atomic mass is 9.97. The Balaban J connectivity index is 0.000000131. The number of oxazole rings is 1. The number of ketones is 3. The van der Waals surface area contributed by atoms with Gasteiger partial charge in [-0.3, -0.25) is 19.4 Å². The fourth-order valence-electron chi connectivity index (χ4n) is 13.0. The first-order valence-corrected chi connectivity index (χ1v) is 39.6. The maximum Gasteiger partial charge on any atom is 0.190 e. The van der Waals surface area contributed by atoms with Crippen LogP contribution in [-0.2, 0) is 12.8 Å². The van der Waals surface area contributed by atoms with Gasteiger partial charge in [-0.2, -0.15) is 0 Å². The quantitative estimate of drug-likeness (QED) is 0.0685. The average Bonchev–Trinajstić information content (AvgIpc) is 1.44. The molecule has 0 amide bonds. The number of nitrogens with one attached hydrogen (secondary N) is 9. The summed E-state index contributed by atoms with van der Waals surface area (Å²) in [5.41, 5.74) is 21.8. The van der Waals surface area contributed by atoms with Gasteiger partial charge in [0, 0.05) is 101 Å². The third kappa shape index (κ3) is 26.0. The summed E-state index contributed by atoms with van der Waals surface area (Å²) in [7, 11) is 0. The van der Waals surface area contributed by atoms with E-state index in [0.717, 1.165) is 119 Å². The number of carbonyl (C=O) groups is 3. The molecule has 2 aliphatic carbocycles. The number of Topliss-reactive ketones (excluding diaryl/α,β-unsaturated/α-hetero) is 3. The van der Waals surface area contributed by atoms with Gasteiger partial charge < -0.3 is 55.3 Å². The molecule has 19 heteroatoms. The Bertz CT molecular complexity index is 5680. The lowest BCUT2D eigenvalue weighted by Gasteiger charge is -2.07. The van der Waals surface area contributed by atoms with Crippen molar-refractivity contribution in [2.75, 3.05) is 21.3 Å². The summed E-state index contributed by atoms with van der Waals surface area (Å²) in [6, 6.07) is 109.